The maximum Gasteiger partial charge on any atom is 0.238 e. The van der Waals surface area contributed by atoms with Gasteiger partial charge in [0.2, 0.25) is 5.95 Å². The van der Waals surface area contributed by atoms with Gasteiger partial charge in [-0.2, -0.15) is 9.97 Å². The van der Waals surface area contributed by atoms with Crippen molar-refractivity contribution >= 4 is 33.6 Å². The van der Waals surface area contributed by atoms with Gasteiger partial charge in [-0.1, -0.05) is 157 Å². The summed E-state index contributed by atoms with van der Waals surface area (Å²) in [5, 5.41) is 2.34. The average Bonchev–Trinajstić information content (AvgIpc) is 3.68. The molecule has 51 heavy (non-hydrogen) atoms. The van der Waals surface area contributed by atoms with E-state index in [0.717, 1.165) is 22.2 Å². The molecule has 0 amide bonds. The minimum atomic E-state index is -0.483. The standard InChI is InChI=1S/C46H28N4S/c1-3-15-29(16-4-1)43-47-44(30-17-5-2-6-18-30)49-45(48-43)50-39-25-13-9-21-33(39)34-27-42-38(28-40(34)50)46(37-24-12-14-26-41(37)51-42)35-22-10-7-19-31(35)32-20-8-11-23-36(32)46/h1-28H. The monoisotopic (exact) mass is 668 g/mol. The maximum atomic E-state index is 5.22. The lowest BCUT2D eigenvalue weighted by Crippen LogP contribution is -2.32. The van der Waals surface area contributed by atoms with Gasteiger partial charge in [-0.25, -0.2) is 4.98 Å². The molecule has 0 saturated carbocycles. The van der Waals surface area contributed by atoms with E-state index in [9.17, 15) is 0 Å². The number of benzene rings is 7. The molecule has 0 radical (unpaired) electrons. The number of rotatable bonds is 3. The molecule has 9 aromatic rings. The summed E-state index contributed by atoms with van der Waals surface area (Å²) in [4.78, 5) is 18.0. The molecule has 2 aliphatic rings. The van der Waals surface area contributed by atoms with Gasteiger partial charge in [0.05, 0.1) is 16.4 Å². The molecular weight excluding hydrogens is 641 g/mol. The van der Waals surface area contributed by atoms with Gasteiger partial charge in [0.1, 0.15) is 0 Å². The van der Waals surface area contributed by atoms with Crippen molar-refractivity contribution in [2.24, 2.45) is 0 Å². The van der Waals surface area contributed by atoms with Gasteiger partial charge in [-0.15, -0.1) is 0 Å². The molecule has 4 nitrogen and oxygen atoms in total. The summed E-state index contributed by atoms with van der Waals surface area (Å²) in [7, 11) is 0. The summed E-state index contributed by atoms with van der Waals surface area (Å²) in [6.45, 7) is 0. The highest BCUT2D eigenvalue weighted by molar-refractivity contribution is 7.99. The van der Waals surface area contributed by atoms with E-state index >= 15 is 0 Å². The van der Waals surface area contributed by atoms with Gasteiger partial charge < -0.3 is 0 Å². The second kappa shape index (κ2) is 10.8. The number of hydrogen-bond acceptors (Lipinski definition) is 4. The lowest BCUT2D eigenvalue weighted by molar-refractivity contribution is 0.723. The van der Waals surface area contributed by atoms with Crippen LogP contribution in [0.25, 0.3) is 61.7 Å². The molecule has 0 saturated heterocycles. The van der Waals surface area contributed by atoms with Crippen LogP contribution in [-0.2, 0) is 5.41 Å². The largest absolute Gasteiger partial charge is 0.278 e. The molecule has 1 aliphatic heterocycles. The first-order valence-electron chi connectivity index (χ1n) is 17.2. The highest BCUT2D eigenvalue weighted by Gasteiger charge is 2.50. The van der Waals surface area contributed by atoms with E-state index in [1.54, 1.807) is 0 Å². The van der Waals surface area contributed by atoms with Crippen molar-refractivity contribution in [2.45, 2.75) is 15.2 Å². The Labute approximate surface area is 299 Å². The van der Waals surface area contributed by atoms with E-state index in [1.165, 1.54) is 53.9 Å². The molecule has 238 valence electrons. The summed E-state index contributed by atoms with van der Waals surface area (Å²) in [5.41, 5.74) is 11.4. The maximum absolute atomic E-state index is 5.22. The molecule has 1 spiro atoms. The Bertz CT molecular complexity index is 2740. The molecule has 0 N–H and O–H groups in total. The zero-order chi connectivity index (χ0) is 33.5. The molecule has 0 atom stereocenters. The van der Waals surface area contributed by atoms with Crippen LogP contribution in [-0.4, -0.2) is 19.5 Å². The van der Waals surface area contributed by atoms with Crippen LogP contribution in [0.2, 0.25) is 0 Å². The number of para-hydroxylation sites is 1. The average molecular weight is 669 g/mol. The van der Waals surface area contributed by atoms with E-state index < -0.39 is 5.41 Å². The van der Waals surface area contributed by atoms with Crippen LogP contribution < -0.4 is 0 Å². The Hall–Kier alpha value is -6.30. The van der Waals surface area contributed by atoms with Crippen molar-refractivity contribution in [3.8, 4) is 39.9 Å². The fourth-order valence-electron chi connectivity index (χ4n) is 8.43. The molecule has 3 heterocycles. The highest BCUT2D eigenvalue weighted by atomic mass is 32.2. The molecular formula is C46H28N4S. The van der Waals surface area contributed by atoms with Crippen molar-refractivity contribution in [1.82, 2.24) is 19.5 Å². The summed E-state index contributed by atoms with van der Waals surface area (Å²) in [5.74, 6) is 1.88. The highest BCUT2D eigenvalue weighted by Crippen LogP contribution is 2.62. The lowest BCUT2D eigenvalue weighted by atomic mass is 9.67. The second-order valence-corrected chi connectivity index (χ2v) is 14.3. The summed E-state index contributed by atoms with van der Waals surface area (Å²) < 4.78 is 2.25. The molecule has 0 unspecified atom stereocenters. The van der Waals surface area contributed by atoms with Gasteiger partial charge in [0.25, 0.3) is 0 Å². The lowest BCUT2D eigenvalue weighted by Gasteiger charge is -2.39. The molecule has 2 aromatic heterocycles. The van der Waals surface area contributed by atoms with Crippen LogP contribution in [0.4, 0.5) is 0 Å². The van der Waals surface area contributed by atoms with Crippen molar-refractivity contribution in [3.63, 3.8) is 0 Å². The van der Waals surface area contributed by atoms with Gasteiger partial charge in [-0.05, 0) is 57.6 Å². The van der Waals surface area contributed by atoms with E-state index in [1.807, 2.05) is 48.2 Å². The summed E-state index contributed by atoms with van der Waals surface area (Å²) in [6, 6.07) is 60.7. The minimum Gasteiger partial charge on any atom is -0.278 e. The smallest absolute Gasteiger partial charge is 0.238 e. The van der Waals surface area contributed by atoms with Crippen LogP contribution in [0.1, 0.15) is 22.3 Å². The predicted molar refractivity (Wildman–Crippen MR) is 206 cm³/mol. The van der Waals surface area contributed by atoms with Crippen molar-refractivity contribution in [1.29, 1.82) is 0 Å². The van der Waals surface area contributed by atoms with Gasteiger partial charge in [-0.3, -0.25) is 4.57 Å². The zero-order valence-electron chi connectivity index (χ0n) is 27.4. The van der Waals surface area contributed by atoms with E-state index in [0.29, 0.717) is 17.6 Å². The molecule has 11 rings (SSSR count). The number of hydrogen-bond donors (Lipinski definition) is 0. The Balaban J connectivity index is 1.27. The van der Waals surface area contributed by atoms with Gasteiger partial charge in [0, 0.05) is 31.7 Å². The third kappa shape index (κ3) is 4.01. The Morgan fingerprint density at radius 2 is 0.961 bits per heavy atom. The number of fused-ring (bicyclic) bond motifs is 12. The van der Waals surface area contributed by atoms with Crippen LogP contribution in [0.5, 0.6) is 0 Å². The van der Waals surface area contributed by atoms with Crippen molar-refractivity contribution < 1.29 is 0 Å². The first-order valence-corrected chi connectivity index (χ1v) is 18.0. The number of nitrogens with zero attached hydrogens (tertiary/aromatic N) is 4. The Morgan fingerprint density at radius 3 is 1.63 bits per heavy atom. The van der Waals surface area contributed by atoms with Crippen molar-refractivity contribution in [2.75, 3.05) is 0 Å². The first kappa shape index (κ1) is 28.5. The van der Waals surface area contributed by atoms with Gasteiger partial charge in [0.15, 0.2) is 11.6 Å². The summed E-state index contributed by atoms with van der Waals surface area (Å²) in [6.07, 6.45) is 0. The van der Waals surface area contributed by atoms with Crippen LogP contribution in [0.15, 0.2) is 180 Å². The van der Waals surface area contributed by atoms with Crippen LogP contribution in [0, 0.1) is 0 Å². The molecule has 1 aliphatic carbocycles. The third-order valence-electron chi connectivity index (χ3n) is 10.5. The van der Waals surface area contributed by atoms with E-state index in [-0.39, 0.29) is 0 Å². The van der Waals surface area contributed by atoms with Crippen LogP contribution >= 0.6 is 11.8 Å². The predicted octanol–water partition coefficient (Wildman–Crippen LogP) is 11.1. The second-order valence-electron chi connectivity index (χ2n) is 13.2. The Morgan fingerprint density at radius 1 is 0.412 bits per heavy atom. The van der Waals surface area contributed by atoms with Gasteiger partial charge >= 0.3 is 0 Å². The zero-order valence-corrected chi connectivity index (χ0v) is 28.2. The van der Waals surface area contributed by atoms with E-state index in [4.69, 9.17) is 15.0 Å². The molecule has 5 heteroatoms. The topological polar surface area (TPSA) is 43.6 Å². The summed E-state index contributed by atoms with van der Waals surface area (Å²) >= 11 is 1.87. The molecule has 0 bridgehead atoms. The fourth-order valence-corrected chi connectivity index (χ4v) is 9.64. The third-order valence-corrected chi connectivity index (χ3v) is 11.7. The fraction of sp³-hybridized carbons (Fsp3) is 0.0217. The normalized spacial score (nSPS) is 13.6. The number of aromatic nitrogens is 4. The van der Waals surface area contributed by atoms with Crippen molar-refractivity contribution in [3.05, 3.63) is 192 Å². The van der Waals surface area contributed by atoms with Crippen LogP contribution in [0.3, 0.4) is 0 Å². The molecule has 7 aromatic carbocycles. The van der Waals surface area contributed by atoms with E-state index in [2.05, 4.69) is 138 Å². The Kier molecular flexibility index (Phi) is 6.07. The SMILES string of the molecule is c1ccc(-c2nc(-c3ccccc3)nc(-n3c4ccccc4c4cc5c(cc43)C3(c4ccccc4S5)c4ccccc4-c4ccccc43)n2)cc1. The quantitative estimate of drug-likeness (QED) is 0.188. The minimum absolute atomic E-state index is 0.483. The molecule has 0 fully saturated rings. The first-order chi connectivity index (χ1) is 25.3.